The molecule has 2 fully saturated rings. The normalized spacial score (nSPS) is 29.5. The molecule has 0 aromatic heterocycles. The van der Waals surface area contributed by atoms with Gasteiger partial charge < -0.3 is 14.9 Å². The molecule has 0 unspecified atom stereocenters. The van der Waals surface area contributed by atoms with E-state index < -0.39 is 6.10 Å². The highest BCUT2D eigenvalue weighted by atomic mass is 16.3. The van der Waals surface area contributed by atoms with Gasteiger partial charge in [-0.3, -0.25) is 9.69 Å². The van der Waals surface area contributed by atoms with Crippen LogP contribution in [0.3, 0.4) is 0 Å². The van der Waals surface area contributed by atoms with Crippen LogP contribution in [0.5, 0.6) is 0 Å². The Kier molecular flexibility index (Phi) is 5.79. The first-order chi connectivity index (χ1) is 9.97. The van der Waals surface area contributed by atoms with Crippen molar-refractivity contribution in [3.8, 4) is 0 Å². The number of piperidine rings is 1. The van der Waals surface area contributed by atoms with Crippen molar-refractivity contribution in [2.24, 2.45) is 5.92 Å². The molecule has 2 atom stereocenters. The molecule has 5 nitrogen and oxygen atoms in total. The van der Waals surface area contributed by atoms with Crippen LogP contribution < -0.4 is 0 Å². The maximum absolute atomic E-state index is 12.1. The van der Waals surface area contributed by atoms with Gasteiger partial charge in [-0.05, 0) is 25.5 Å². The summed E-state index contributed by atoms with van der Waals surface area (Å²) >= 11 is 0. The van der Waals surface area contributed by atoms with Gasteiger partial charge in [-0.2, -0.15) is 0 Å². The highest BCUT2D eigenvalue weighted by molar-refractivity contribution is 5.87. The number of piperazine rings is 1. The topological polar surface area (TPSA) is 47.0 Å². The fraction of sp³-hybridized carbons (Fsp3) is 0.812. The molecular formula is C16H29N3O2. The van der Waals surface area contributed by atoms with E-state index in [0.717, 1.165) is 39.1 Å². The Balaban J connectivity index is 1.85. The van der Waals surface area contributed by atoms with Crippen LogP contribution in [0.25, 0.3) is 0 Å². The van der Waals surface area contributed by atoms with Gasteiger partial charge in [0.25, 0.3) is 0 Å². The van der Waals surface area contributed by atoms with Gasteiger partial charge in [0.05, 0.1) is 6.10 Å². The van der Waals surface area contributed by atoms with E-state index in [-0.39, 0.29) is 11.9 Å². The smallest absolute Gasteiger partial charge is 0.246 e. The van der Waals surface area contributed by atoms with Crippen molar-refractivity contribution in [2.75, 3.05) is 46.3 Å². The minimum Gasteiger partial charge on any atom is -0.390 e. The van der Waals surface area contributed by atoms with E-state index in [1.807, 2.05) is 6.08 Å². The molecule has 0 saturated carbocycles. The molecule has 2 aliphatic heterocycles. The molecule has 2 saturated heterocycles. The van der Waals surface area contributed by atoms with E-state index in [1.165, 1.54) is 0 Å². The van der Waals surface area contributed by atoms with Crippen molar-refractivity contribution in [1.82, 2.24) is 14.7 Å². The van der Waals surface area contributed by atoms with Crippen LogP contribution in [0, 0.1) is 5.92 Å². The number of nitrogens with zero attached hydrogens (tertiary/aromatic N) is 3. The third kappa shape index (κ3) is 4.53. The number of likely N-dealkylation sites (tertiary alicyclic amines) is 1. The van der Waals surface area contributed by atoms with Gasteiger partial charge in [0.1, 0.15) is 0 Å². The average Bonchev–Trinajstić information content (AvgIpc) is 2.45. The third-order valence-electron chi connectivity index (χ3n) is 4.49. The Morgan fingerprint density at radius 2 is 1.86 bits per heavy atom. The molecule has 0 bridgehead atoms. The van der Waals surface area contributed by atoms with Crippen molar-refractivity contribution in [3.63, 3.8) is 0 Å². The zero-order chi connectivity index (χ0) is 15.4. The molecule has 1 amide bonds. The molecule has 1 N–H and O–H groups in total. The highest BCUT2D eigenvalue weighted by Gasteiger charge is 2.34. The summed E-state index contributed by atoms with van der Waals surface area (Å²) < 4.78 is 0. The molecule has 2 rings (SSSR count). The number of carbonyl (C=O) groups is 1. The Morgan fingerprint density at radius 1 is 1.19 bits per heavy atom. The minimum atomic E-state index is -0.432. The van der Waals surface area contributed by atoms with Crippen LogP contribution in [0.15, 0.2) is 12.2 Å². The Labute approximate surface area is 128 Å². The third-order valence-corrected chi connectivity index (χ3v) is 4.49. The van der Waals surface area contributed by atoms with Crippen LogP contribution in [0.4, 0.5) is 0 Å². The summed E-state index contributed by atoms with van der Waals surface area (Å²) in [4.78, 5) is 18.6. The molecule has 2 heterocycles. The lowest BCUT2D eigenvalue weighted by Gasteiger charge is -2.44. The summed E-state index contributed by atoms with van der Waals surface area (Å²) in [6.45, 7) is 9.45. The number of aliphatic hydroxyl groups excluding tert-OH is 1. The molecule has 0 aliphatic carbocycles. The van der Waals surface area contributed by atoms with E-state index in [9.17, 15) is 9.90 Å². The van der Waals surface area contributed by atoms with Gasteiger partial charge >= 0.3 is 0 Å². The van der Waals surface area contributed by atoms with Gasteiger partial charge in [-0.25, -0.2) is 0 Å². The van der Waals surface area contributed by atoms with Crippen molar-refractivity contribution >= 4 is 5.91 Å². The molecular weight excluding hydrogens is 266 g/mol. The zero-order valence-electron chi connectivity index (χ0n) is 13.5. The predicted molar refractivity (Wildman–Crippen MR) is 84.0 cm³/mol. The summed E-state index contributed by atoms with van der Waals surface area (Å²) in [5.41, 5.74) is 0. The fourth-order valence-electron chi connectivity index (χ4n) is 3.08. The van der Waals surface area contributed by atoms with Crippen molar-refractivity contribution in [3.05, 3.63) is 12.2 Å². The number of aliphatic hydroxyl groups is 1. The first kappa shape index (κ1) is 16.5. The summed E-state index contributed by atoms with van der Waals surface area (Å²) in [5, 5.41) is 10.4. The average molecular weight is 295 g/mol. The molecule has 2 aliphatic rings. The second-order valence-corrected chi connectivity index (χ2v) is 6.65. The van der Waals surface area contributed by atoms with E-state index in [0.29, 0.717) is 12.5 Å². The van der Waals surface area contributed by atoms with Crippen LogP contribution in [0.2, 0.25) is 0 Å². The number of hydrogen-bond donors (Lipinski definition) is 1. The summed E-state index contributed by atoms with van der Waals surface area (Å²) in [6.07, 6.45) is 4.00. The van der Waals surface area contributed by atoms with Crippen molar-refractivity contribution in [1.29, 1.82) is 0 Å². The van der Waals surface area contributed by atoms with Crippen LogP contribution in [0.1, 0.15) is 20.3 Å². The summed E-state index contributed by atoms with van der Waals surface area (Å²) in [7, 11) is 2.14. The molecule has 120 valence electrons. The predicted octanol–water partition coefficient (Wildman–Crippen LogP) is 0.408. The van der Waals surface area contributed by atoms with Gasteiger partial charge in [-0.1, -0.05) is 19.9 Å². The second kappa shape index (κ2) is 7.38. The monoisotopic (exact) mass is 295 g/mol. The standard InChI is InChI=1S/C16H29N3O2/c1-13(2)4-5-16(21)19-7-6-14(15(20)12-19)18-10-8-17(3)9-11-18/h4-5,13-15,20H,6-12H2,1-3H3/t14-,15-/m1/s1. The summed E-state index contributed by atoms with van der Waals surface area (Å²) in [5.74, 6) is 0.404. The first-order valence-electron chi connectivity index (χ1n) is 8.05. The van der Waals surface area contributed by atoms with Crippen molar-refractivity contribution in [2.45, 2.75) is 32.4 Å². The Hall–Kier alpha value is -0.910. The van der Waals surface area contributed by atoms with E-state index in [2.05, 4.69) is 30.7 Å². The van der Waals surface area contributed by atoms with Gasteiger partial charge in [0.15, 0.2) is 0 Å². The highest BCUT2D eigenvalue weighted by Crippen LogP contribution is 2.19. The van der Waals surface area contributed by atoms with Crippen LogP contribution in [-0.4, -0.2) is 84.2 Å². The lowest BCUT2D eigenvalue weighted by Crippen LogP contribution is -2.58. The van der Waals surface area contributed by atoms with Gasteiger partial charge in [0, 0.05) is 45.3 Å². The largest absolute Gasteiger partial charge is 0.390 e. The van der Waals surface area contributed by atoms with Gasteiger partial charge in [-0.15, -0.1) is 0 Å². The van der Waals surface area contributed by atoms with Gasteiger partial charge in [0.2, 0.25) is 5.91 Å². The summed E-state index contributed by atoms with van der Waals surface area (Å²) in [6, 6.07) is 0.205. The minimum absolute atomic E-state index is 0.0274. The molecule has 0 radical (unpaired) electrons. The number of carbonyl (C=O) groups excluding carboxylic acids is 1. The molecule has 0 spiro atoms. The molecule has 21 heavy (non-hydrogen) atoms. The SMILES string of the molecule is CC(C)C=CC(=O)N1CC[C@@H](N2CCN(C)CC2)[C@H](O)C1. The number of allylic oxidation sites excluding steroid dienone is 1. The number of rotatable bonds is 3. The number of β-amino-alcohol motifs (C(OH)–C–C–N with tert-alkyl or cyclic N) is 1. The lowest BCUT2D eigenvalue weighted by atomic mass is 9.99. The number of amides is 1. The number of likely N-dealkylation sites (N-methyl/N-ethyl adjacent to an activating group) is 1. The van der Waals surface area contributed by atoms with E-state index in [1.54, 1.807) is 11.0 Å². The van der Waals surface area contributed by atoms with E-state index in [4.69, 9.17) is 0 Å². The van der Waals surface area contributed by atoms with Crippen LogP contribution >= 0.6 is 0 Å². The number of hydrogen-bond acceptors (Lipinski definition) is 4. The Bertz CT molecular complexity index is 376. The Morgan fingerprint density at radius 3 is 2.43 bits per heavy atom. The molecule has 0 aromatic carbocycles. The fourth-order valence-corrected chi connectivity index (χ4v) is 3.08. The van der Waals surface area contributed by atoms with E-state index >= 15 is 0 Å². The lowest BCUT2D eigenvalue weighted by molar-refractivity contribution is -0.131. The van der Waals surface area contributed by atoms with Crippen molar-refractivity contribution < 1.29 is 9.90 Å². The maximum Gasteiger partial charge on any atom is 0.246 e. The quantitative estimate of drug-likeness (QED) is 0.766. The maximum atomic E-state index is 12.1. The molecule has 0 aromatic rings. The second-order valence-electron chi connectivity index (χ2n) is 6.65. The first-order valence-corrected chi connectivity index (χ1v) is 8.05. The zero-order valence-corrected chi connectivity index (χ0v) is 13.5. The van der Waals surface area contributed by atoms with Crippen LogP contribution in [-0.2, 0) is 4.79 Å². The molecule has 5 heteroatoms.